The molecule has 2 aromatic carbocycles. The summed E-state index contributed by atoms with van der Waals surface area (Å²) in [7, 11) is 2.93. The molecule has 0 unspecified atom stereocenters. The molecule has 1 N–H and O–H groups in total. The summed E-state index contributed by atoms with van der Waals surface area (Å²) in [5.41, 5.74) is 1.93. The van der Waals surface area contributed by atoms with Crippen LogP contribution >= 0.6 is 13.5 Å². The van der Waals surface area contributed by atoms with Crippen LogP contribution in [0, 0.1) is 0 Å². The summed E-state index contributed by atoms with van der Waals surface area (Å²) in [6, 6.07) is 12.0. The smallest absolute Gasteiger partial charge is 0.337 e. The van der Waals surface area contributed by atoms with Gasteiger partial charge in [0.25, 0.3) is 0 Å². The summed E-state index contributed by atoms with van der Waals surface area (Å²) < 4.78 is 15.8. The molecule has 3 rings (SSSR count). The minimum atomic E-state index is -0.424. The second-order valence-corrected chi connectivity index (χ2v) is 6.28. The highest BCUT2D eigenvalue weighted by Crippen LogP contribution is 2.27. The number of urea groups is 1. The van der Waals surface area contributed by atoms with Crippen molar-refractivity contribution in [2.24, 2.45) is 0 Å². The van der Waals surface area contributed by atoms with Crippen molar-refractivity contribution in [2.45, 2.75) is 19.6 Å². The van der Waals surface area contributed by atoms with Crippen LogP contribution < -0.4 is 14.8 Å². The monoisotopic (exact) mass is 404 g/mol. The summed E-state index contributed by atoms with van der Waals surface area (Å²) in [6.45, 7) is 2.68. The van der Waals surface area contributed by atoms with Crippen LogP contribution in [0.2, 0.25) is 0 Å². The van der Waals surface area contributed by atoms with Crippen LogP contribution in [0.25, 0.3) is 0 Å². The minimum Gasteiger partial charge on any atom is -0.497 e. The van der Waals surface area contributed by atoms with E-state index in [1.54, 1.807) is 54.5 Å². The van der Waals surface area contributed by atoms with Gasteiger partial charge in [-0.2, -0.15) is 13.5 Å². The van der Waals surface area contributed by atoms with E-state index in [0.29, 0.717) is 30.1 Å². The molecule has 2 aromatic rings. The van der Waals surface area contributed by atoms with Crippen LogP contribution in [-0.2, 0) is 11.3 Å². The zero-order valence-electron chi connectivity index (χ0n) is 16.0. The number of amides is 2. The highest BCUT2D eigenvalue weighted by Gasteiger charge is 2.25. The van der Waals surface area contributed by atoms with Crippen LogP contribution in [0.5, 0.6) is 11.5 Å². The maximum absolute atomic E-state index is 12.7. The largest absolute Gasteiger partial charge is 0.497 e. The van der Waals surface area contributed by atoms with Crippen molar-refractivity contribution >= 4 is 31.2 Å². The zero-order valence-corrected chi connectivity index (χ0v) is 17.0. The van der Waals surface area contributed by atoms with E-state index in [9.17, 15) is 9.59 Å². The van der Waals surface area contributed by atoms with E-state index in [1.807, 2.05) is 6.92 Å². The number of esters is 1. The number of hydrogen-bond donors (Lipinski definition) is 1. The third-order valence-electron chi connectivity index (χ3n) is 4.28. The van der Waals surface area contributed by atoms with Gasteiger partial charge in [0, 0.05) is 11.3 Å². The Kier molecular flexibility index (Phi) is 7.17. The Labute approximate surface area is 171 Å². The Hall–Kier alpha value is -2.87. The minimum absolute atomic E-state index is 0. The molecule has 8 heteroatoms. The summed E-state index contributed by atoms with van der Waals surface area (Å²) in [5.74, 6) is 0.887. The highest BCUT2D eigenvalue weighted by atomic mass is 32.1. The van der Waals surface area contributed by atoms with Crippen molar-refractivity contribution in [2.75, 3.05) is 26.1 Å². The van der Waals surface area contributed by atoms with Gasteiger partial charge in [0.05, 0.1) is 32.9 Å². The predicted molar refractivity (Wildman–Crippen MR) is 111 cm³/mol. The number of fused-ring (bicyclic) bond motifs is 1. The first-order valence-corrected chi connectivity index (χ1v) is 8.58. The first kappa shape index (κ1) is 21.4. The fourth-order valence-corrected chi connectivity index (χ4v) is 2.91. The highest BCUT2D eigenvalue weighted by molar-refractivity contribution is 7.59. The quantitative estimate of drug-likeness (QED) is 0.794. The molecule has 0 radical (unpaired) electrons. The van der Waals surface area contributed by atoms with Gasteiger partial charge in [-0.15, -0.1) is 0 Å². The molecule has 1 atom stereocenters. The van der Waals surface area contributed by atoms with E-state index < -0.39 is 5.97 Å². The van der Waals surface area contributed by atoms with E-state index in [1.165, 1.54) is 7.11 Å². The number of nitrogens with zero attached hydrogens (tertiary/aromatic N) is 1. The second kappa shape index (κ2) is 9.36. The maximum Gasteiger partial charge on any atom is 0.337 e. The number of hydrogen-bond acceptors (Lipinski definition) is 5. The van der Waals surface area contributed by atoms with E-state index in [4.69, 9.17) is 14.2 Å². The molecule has 0 aliphatic carbocycles. The average Bonchev–Trinajstić information content (AvgIpc) is 2.85. The molecule has 1 aliphatic heterocycles. The van der Waals surface area contributed by atoms with Gasteiger partial charge < -0.3 is 24.4 Å². The van der Waals surface area contributed by atoms with Crippen LogP contribution in [0.3, 0.4) is 0 Å². The fourth-order valence-electron chi connectivity index (χ4n) is 2.91. The van der Waals surface area contributed by atoms with E-state index in [0.717, 1.165) is 11.3 Å². The maximum atomic E-state index is 12.7. The van der Waals surface area contributed by atoms with E-state index in [-0.39, 0.29) is 25.6 Å². The lowest BCUT2D eigenvalue weighted by molar-refractivity contribution is 0.0600. The molecular formula is C20H24N2O5S. The summed E-state index contributed by atoms with van der Waals surface area (Å²) in [6.07, 6.45) is -0.222. The van der Waals surface area contributed by atoms with Crippen molar-refractivity contribution in [3.8, 4) is 11.5 Å². The molecule has 0 saturated heterocycles. The third kappa shape index (κ3) is 4.89. The Morgan fingerprint density at radius 3 is 2.50 bits per heavy atom. The summed E-state index contributed by atoms with van der Waals surface area (Å²) >= 11 is 0. The van der Waals surface area contributed by atoms with Gasteiger partial charge in [0.2, 0.25) is 0 Å². The molecule has 7 nitrogen and oxygen atoms in total. The van der Waals surface area contributed by atoms with E-state index in [2.05, 4.69) is 5.32 Å². The molecule has 150 valence electrons. The Morgan fingerprint density at radius 1 is 1.14 bits per heavy atom. The van der Waals surface area contributed by atoms with Crippen LogP contribution in [0.4, 0.5) is 10.5 Å². The molecule has 0 fully saturated rings. The number of ether oxygens (including phenoxy) is 3. The third-order valence-corrected chi connectivity index (χ3v) is 4.28. The summed E-state index contributed by atoms with van der Waals surface area (Å²) in [4.78, 5) is 26.1. The van der Waals surface area contributed by atoms with Gasteiger partial charge >= 0.3 is 12.0 Å². The molecular weight excluding hydrogens is 380 g/mol. The SMILES string of the molecule is COC(=O)c1ccc2c(c1)O[C@@H](C)CN(C(=O)Nc1ccc(OC)cc1)C2.S. The Morgan fingerprint density at radius 2 is 1.86 bits per heavy atom. The van der Waals surface area contributed by atoms with Crippen molar-refractivity contribution in [1.29, 1.82) is 0 Å². The molecule has 0 spiro atoms. The lowest BCUT2D eigenvalue weighted by atomic mass is 10.1. The van der Waals surface area contributed by atoms with Crippen LogP contribution in [0.1, 0.15) is 22.8 Å². The number of benzene rings is 2. The molecule has 0 aromatic heterocycles. The lowest BCUT2D eigenvalue weighted by Gasteiger charge is -2.22. The van der Waals surface area contributed by atoms with Crippen molar-refractivity contribution in [3.63, 3.8) is 0 Å². The zero-order chi connectivity index (χ0) is 19.4. The van der Waals surface area contributed by atoms with Crippen molar-refractivity contribution in [3.05, 3.63) is 53.6 Å². The van der Waals surface area contributed by atoms with Gasteiger partial charge in [0.15, 0.2) is 0 Å². The Bertz CT molecular complexity index is 841. The number of methoxy groups -OCH3 is 2. The molecule has 2 amide bonds. The molecule has 1 aliphatic rings. The van der Waals surface area contributed by atoms with Gasteiger partial charge in [-0.25, -0.2) is 9.59 Å². The fraction of sp³-hybridized carbons (Fsp3) is 0.300. The normalized spacial score (nSPS) is 15.2. The first-order valence-electron chi connectivity index (χ1n) is 8.58. The van der Waals surface area contributed by atoms with Gasteiger partial charge in [-0.05, 0) is 43.3 Å². The topological polar surface area (TPSA) is 77.1 Å². The van der Waals surface area contributed by atoms with Gasteiger partial charge in [0.1, 0.15) is 17.6 Å². The van der Waals surface area contributed by atoms with Gasteiger partial charge in [-0.3, -0.25) is 0 Å². The molecule has 0 saturated carbocycles. The van der Waals surface area contributed by atoms with Crippen LogP contribution in [-0.4, -0.2) is 43.8 Å². The van der Waals surface area contributed by atoms with Gasteiger partial charge in [-0.1, -0.05) is 6.07 Å². The van der Waals surface area contributed by atoms with Crippen molar-refractivity contribution < 1.29 is 23.8 Å². The number of carbonyl (C=O) groups excluding carboxylic acids is 2. The lowest BCUT2D eigenvalue weighted by Crippen LogP contribution is -2.38. The van der Waals surface area contributed by atoms with Crippen LogP contribution in [0.15, 0.2) is 42.5 Å². The molecule has 28 heavy (non-hydrogen) atoms. The van der Waals surface area contributed by atoms with E-state index >= 15 is 0 Å². The standard InChI is InChI=1S/C20H22N2O5.H2S/c1-13-11-22(20(24)21-16-6-8-17(25-2)9-7-16)12-15-5-4-14(19(23)26-3)10-18(15)27-13;/h4-10,13H,11-12H2,1-3H3,(H,21,24);1H2/t13-;/m0./s1. The predicted octanol–water partition coefficient (Wildman–Crippen LogP) is 3.41. The Balaban J connectivity index is 0.00000280. The number of nitrogens with one attached hydrogen (secondary N) is 1. The summed E-state index contributed by atoms with van der Waals surface area (Å²) in [5, 5.41) is 2.88. The first-order chi connectivity index (χ1) is 13.0. The molecule has 1 heterocycles. The number of anilines is 1. The number of rotatable bonds is 3. The average molecular weight is 404 g/mol. The van der Waals surface area contributed by atoms with Crippen molar-refractivity contribution in [1.82, 2.24) is 4.90 Å². The molecule has 0 bridgehead atoms. The second-order valence-electron chi connectivity index (χ2n) is 6.28. The number of carbonyl (C=O) groups is 2.